The van der Waals surface area contributed by atoms with Crippen molar-refractivity contribution >= 4 is 11.4 Å². The van der Waals surface area contributed by atoms with E-state index >= 15 is 0 Å². The summed E-state index contributed by atoms with van der Waals surface area (Å²) in [5.41, 5.74) is 1.86. The molecular formula is C15H20N4O2. The van der Waals surface area contributed by atoms with Crippen LogP contribution in [0.3, 0.4) is 0 Å². The topological polar surface area (TPSA) is 64.2 Å². The summed E-state index contributed by atoms with van der Waals surface area (Å²) >= 11 is 0. The van der Waals surface area contributed by atoms with E-state index in [1.165, 1.54) is 0 Å². The summed E-state index contributed by atoms with van der Waals surface area (Å²) in [6.07, 6.45) is 4.77. The molecular weight excluding hydrogens is 268 g/mol. The van der Waals surface area contributed by atoms with Gasteiger partial charge in [0.1, 0.15) is 5.82 Å². The van der Waals surface area contributed by atoms with E-state index in [2.05, 4.69) is 14.5 Å². The quantitative estimate of drug-likeness (QED) is 0.605. The molecule has 0 saturated carbocycles. The van der Waals surface area contributed by atoms with Gasteiger partial charge in [-0.2, -0.15) is 0 Å². The molecule has 6 heteroatoms. The molecule has 0 bridgehead atoms. The summed E-state index contributed by atoms with van der Waals surface area (Å²) in [4.78, 5) is 16.8. The van der Waals surface area contributed by atoms with Crippen LogP contribution in [-0.2, 0) is 6.54 Å². The maximum atomic E-state index is 10.8. The Morgan fingerprint density at radius 2 is 2.14 bits per heavy atom. The molecule has 112 valence electrons. The maximum absolute atomic E-state index is 10.8. The van der Waals surface area contributed by atoms with Gasteiger partial charge in [0.15, 0.2) is 0 Å². The van der Waals surface area contributed by atoms with Gasteiger partial charge in [0.2, 0.25) is 0 Å². The third kappa shape index (κ3) is 3.59. The zero-order valence-electron chi connectivity index (χ0n) is 12.6. The summed E-state index contributed by atoms with van der Waals surface area (Å²) in [6, 6.07) is 5.23. The first kappa shape index (κ1) is 15.0. The fourth-order valence-electron chi connectivity index (χ4n) is 2.33. The Kier molecular flexibility index (Phi) is 4.57. The molecule has 0 aliphatic carbocycles. The molecule has 0 amide bonds. The van der Waals surface area contributed by atoms with Crippen LogP contribution in [-0.4, -0.2) is 28.1 Å². The van der Waals surface area contributed by atoms with Gasteiger partial charge in [0, 0.05) is 49.8 Å². The van der Waals surface area contributed by atoms with Crippen LogP contribution in [0.2, 0.25) is 0 Å². The average molecular weight is 288 g/mol. The Morgan fingerprint density at radius 3 is 2.71 bits per heavy atom. The lowest BCUT2D eigenvalue weighted by Crippen LogP contribution is -2.20. The van der Waals surface area contributed by atoms with Crippen LogP contribution in [0.4, 0.5) is 11.4 Å². The molecule has 1 aromatic carbocycles. The standard InChI is InChI=1S/C15H20N4O2/c1-12-11-14(5-6-15(12)19(20)21)17(3)8-4-9-18-10-7-16-13(18)2/h5-7,10-11H,4,8-9H2,1-3H3. The highest BCUT2D eigenvalue weighted by Crippen LogP contribution is 2.23. The van der Waals surface area contributed by atoms with Crippen LogP contribution in [0.15, 0.2) is 30.6 Å². The van der Waals surface area contributed by atoms with E-state index < -0.39 is 0 Å². The van der Waals surface area contributed by atoms with E-state index in [0.29, 0.717) is 5.56 Å². The van der Waals surface area contributed by atoms with Gasteiger partial charge in [0.25, 0.3) is 5.69 Å². The smallest absolute Gasteiger partial charge is 0.272 e. The first-order valence-electron chi connectivity index (χ1n) is 6.93. The summed E-state index contributed by atoms with van der Waals surface area (Å²) in [7, 11) is 2.00. The molecule has 0 N–H and O–H groups in total. The number of anilines is 1. The fraction of sp³-hybridized carbons (Fsp3) is 0.400. The van der Waals surface area contributed by atoms with Crippen LogP contribution in [0, 0.1) is 24.0 Å². The highest BCUT2D eigenvalue weighted by molar-refractivity contribution is 5.54. The predicted molar refractivity (Wildman–Crippen MR) is 82.7 cm³/mol. The normalized spacial score (nSPS) is 10.6. The van der Waals surface area contributed by atoms with E-state index in [1.807, 2.05) is 26.2 Å². The maximum Gasteiger partial charge on any atom is 0.272 e. The number of nitrogens with zero attached hydrogens (tertiary/aromatic N) is 4. The molecule has 0 saturated heterocycles. The van der Waals surface area contributed by atoms with Crippen LogP contribution >= 0.6 is 0 Å². The molecule has 0 radical (unpaired) electrons. The number of nitro benzene ring substituents is 1. The van der Waals surface area contributed by atoms with Gasteiger partial charge in [-0.3, -0.25) is 10.1 Å². The largest absolute Gasteiger partial charge is 0.375 e. The monoisotopic (exact) mass is 288 g/mol. The zero-order chi connectivity index (χ0) is 15.4. The Balaban J connectivity index is 1.94. The molecule has 6 nitrogen and oxygen atoms in total. The summed E-state index contributed by atoms with van der Waals surface area (Å²) in [6.45, 7) is 5.56. The number of hydrogen-bond acceptors (Lipinski definition) is 4. The van der Waals surface area contributed by atoms with Crippen molar-refractivity contribution in [1.29, 1.82) is 0 Å². The number of aromatic nitrogens is 2. The molecule has 0 spiro atoms. The second kappa shape index (κ2) is 6.39. The average Bonchev–Trinajstić information content (AvgIpc) is 2.83. The second-order valence-corrected chi connectivity index (χ2v) is 5.17. The van der Waals surface area contributed by atoms with Gasteiger partial charge in [0.05, 0.1) is 4.92 Å². The van der Waals surface area contributed by atoms with Crippen molar-refractivity contribution in [3.05, 3.63) is 52.1 Å². The van der Waals surface area contributed by atoms with Gasteiger partial charge < -0.3 is 9.47 Å². The number of nitro groups is 1. The van der Waals surface area contributed by atoms with Gasteiger partial charge in [-0.15, -0.1) is 0 Å². The molecule has 2 rings (SSSR count). The minimum Gasteiger partial charge on any atom is -0.375 e. The molecule has 0 aliphatic heterocycles. The lowest BCUT2D eigenvalue weighted by atomic mass is 10.1. The Labute approximate surface area is 124 Å². The Hall–Kier alpha value is -2.37. The highest BCUT2D eigenvalue weighted by atomic mass is 16.6. The van der Waals surface area contributed by atoms with Crippen molar-refractivity contribution in [2.45, 2.75) is 26.8 Å². The second-order valence-electron chi connectivity index (χ2n) is 5.17. The van der Waals surface area contributed by atoms with Crippen molar-refractivity contribution in [2.75, 3.05) is 18.5 Å². The number of imidazole rings is 1. The van der Waals surface area contributed by atoms with Crippen molar-refractivity contribution in [2.24, 2.45) is 0 Å². The molecule has 2 aromatic rings. The van der Waals surface area contributed by atoms with Gasteiger partial charge >= 0.3 is 0 Å². The van der Waals surface area contributed by atoms with Crippen LogP contribution in [0.5, 0.6) is 0 Å². The van der Waals surface area contributed by atoms with Gasteiger partial charge in [-0.25, -0.2) is 4.98 Å². The van der Waals surface area contributed by atoms with Gasteiger partial charge in [-0.1, -0.05) is 0 Å². The van der Waals surface area contributed by atoms with Crippen LogP contribution < -0.4 is 4.90 Å². The predicted octanol–water partition coefficient (Wildman–Crippen LogP) is 2.93. The molecule has 0 atom stereocenters. The summed E-state index contributed by atoms with van der Waals surface area (Å²) < 4.78 is 2.12. The van der Waals surface area contributed by atoms with E-state index in [9.17, 15) is 10.1 Å². The number of aryl methyl sites for hydroxylation is 3. The molecule has 0 unspecified atom stereocenters. The number of benzene rings is 1. The van der Waals surface area contributed by atoms with E-state index in [1.54, 1.807) is 25.3 Å². The van der Waals surface area contributed by atoms with Gasteiger partial charge in [-0.05, 0) is 32.4 Å². The lowest BCUT2D eigenvalue weighted by molar-refractivity contribution is -0.385. The molecule has 1 aromatic heterocycles. The van der Waals surface area contributed by atoms with Crippen LogP contribution in [0.1, 0.15) is 17.8 Å². The lowest BCUT2D eigenvalue weighted by Gasteiger charge is -2.20. The molecule has 0 fully saturated rings. The van der Waals surface area contributed by atoms with E-state index in [4.69, 9.17) is 0 Å². The van der Waals surface area contributed by atoms with Crippen molar-refractivity contribution in [1.82, 2.24) is 9.55 Å². The molecule has 0 aliphatic rings. The Bertz CT molecular complexity index is 636. The van der Waals surface area contributed by atoms with Crippen molar-refractivity contribution in [3.63, 3.8) is 0 Å². The number of hydrogen-bond donors (Lipinski definition) is 0. The highest BCUT2D eigenvalue weighted by Gasteiger charge is 2.11. The first-order valence-corrected chi connectivity index (χ1v) is 6.93. The molecule has 1 heterocycles. The Morgan fingerprint density at radius 1 is 1.38 bits per heavy atom. The summed E-state index contributed by atoms with van der Waals surface area (Å²) in [5.74, 6) is 1.02. The van der Waals surface area contributed by atoms with E-state index in [-0.39, 0.29) is 10.6 Å². The molecule has 21 heavy (non-hydrogen) atoms. The van der Waals surface area contributed by atoms with Crippen molar-refractivity contribution < 1.29 is 4.92 Å². The first-order chi connectivity index (χ1) is 9.99. The van der Waals surface area contributed by atoms with Crippen LogP contribution in [0.25, 0.3) is 0 Å². The SMILES string of the molecule is Cc1cc(N(C)CCCn2ccnc2C)ccc1[N+](=O)[O-]. The summed E-state index contributed by atoms with van der Waals surface area (Å²) in [5, 5.41) is 10.8. The minimum atomic E-state index is -0.346. The third-order valence-electron chi connectivity index (χ3n) is 3.63. The van der Waals surface area contributed by atoms with Crippen molar-refractivity contribution in [3.8, 4) is 0 Å². The zero-order valence-corrected chi connectivity index (χ0v) is 12.6. The fourth-order valence-corrected chi connectivity index (χ4v) is 2.33. The minimum absolute atomic E-state index is 0.168. The number of rotatable bonds is 6. The third-order valence-corrected chi connectivity index (χ3v) is 3.63. The van der Waals surface area contributed by atoms with E-state index in [0.717, 1.165) is 31.0 Å².